The third kappa shape index (κ3) is 4.27. The molecule has 1 unspecified atom stereocenters. The first-order valence-corrected chi connectivity index (χ1v) is 9.14. The average molecular weight is 368 g/mol. The van der Waals surface area contributed by atoms with Gasteiger partial charge in [0.1, 0.15) is 18.4 Å². The van der Waals surface area contributed by atoms with Crippen LogP contribution in [0, 0.1) is 13.8 Å². The molecule has 1 aromatic heterocycles. The number of pyridine rings is 1. The summed E-state index contributed by atoms with van der Waals surface area (Å²) in [5, 5.41) is 9.42. The number of carbonyl (C=O) groups is 2. The summed E-state index contributed by atoms with van der Waals surface area (Å²) in [4.78, 5) is 30.0. The van der Waals surface area contributed by atoms with Crippen LogP contribution in [0.5, 0.6) is 5.75 Å². The van der Waals surface area contributed by atoms with Gasteiger partial charge in [0.05, 0.1) is 0 Å². The van der Waals surface area contributed by atoms with Gasteiger partial charge in [-0.15, -0.1) is 0 Å². The molecule has 0 radical (unpaired) electrons. The number of hydrogen-bond donors (Lipinski definition) is 1. The van der Waals surface area contributed by atoms with Crippen molar-refractivity contribution < 1.29 is 19.4 Å². The molecule has 0 aliphatic carbocycles. The lowest BCUT2D eigenvalue weighted by atomic mass is 9.99. The summed E-state index contributed by atoms with van der Waals surface area (Å²) in [6.45, 7) is 4.67. The lowest BCUT2D eigenvalue weighted by Gasteiger charge is -2.33. The predicted octanol–water partition coefficient (Wildman–Crippen LogP) is 3.36. The van der Waals surface area contributed by atoms with Crippen LogP contribution in [0.4, 0.5) is 0 Å². The van der Waals surface area contributed by atoms with E-state index < -0.39 is 12.0 Å². The van der Waals surface area contributed by atoms with Crippen LogP contribution < -0.4 is 4.74 Å². The smallest absolute Gasteiger partial charge is 0.326 e. The number of piperidine rings is 1. The van der Waals surface area contributed by atoms with E-state index >= 15 is 0 Å². The van der Waals surface area contributed by atoms with E-state index in [1.807, 2.05) is 26.0 Å². The average Bonchev–Trinajstić information content (AvgIpc) is 2.67. The van der Waals surface area contributed by atoms with Gasteiger partial charge in [0, 0.05) is 30.1 Å². The molecule has 1 N–H and O–H groups in total. The molecule has 1 aliphatic heterocycles. The number of amides is 1. The first-order chi connectivity index (χ1) is 13.0. The van der Waals surface area contributed by atoms with Crippen LogP contribution in [-0.4, -0.2) is 39.5 Å². The molecule has 6 nitrogen and oxygen atoms in total. The number of hydrogen-bond acceptors (Lipinski definition) is 4. The van der Waals surface area contributed by atoms with Crippen LogP contribution in [0.3, 0.4) is 0 Å². The number of carboxylic acid groups (broad SMARTS) is 1. The summed E-state index contributed by atoms with van der Waals surface area (Å²) in [7, 11) is 0. The lowest BCUT2D eigenvalue weighted by molar-refractivity contribution is -0.143. The third-order valence-electron chi connectivity index (χ3n) is 4.86. The van der Waals surface area contributed by atoms with Gasteiger partial charge in [-0.3, -0.25) is 9.78 Å². The number of likely N-dealkylation sites (tertiary alicyclic amines) is 1. The fourth-order valence-corrected chi connectivity index (χ4v) is 3.54. The molecule has 27 heavy (non-hydrogen) atoms. The van der Waals surface area contributed by atoms with E-state index in [9.17, 15) is 14.7 Å². The Labute approximate surface area is 158 Å². The standard InChI is InChI=1S/C21H24N2O4/c1-14-10-17(20(24)23-9-4-3-7-18(23)21(25)26)11-15(2)19(14)27-13-16-6-5-8-22-12-16/h5-6,8,10-12,18H,3-4,7,9,13H2,1-2H3,(H,25,26). The van der Waals surface area contributed by atoms with E-state index in [0.717, 1.165) is 35.3 Å². The molecule has 0 spiro atoms. The highest BCUT2D eigenvalue weighted by Gasteiger charge is 2.32. The largest absolute Gasteiger partial charge is 0.488 e. The number of nitrogens with zero attached hydrogens (tertiary/aromatic N) is 2. The Balaban J connectivity index is 1.79. The summed E-state index contributed by atoms with van der Waals surface area (Å²) < 4.78 is 5.93. The van der Waals surface area contributed by atoms with Crippen molar-refractivity contribution in [2.24, 2.45) is 0 Å². The fourth-order valence-electron chi connectivity index (χ4n) is 3.54. The second kappa shape index (κ2) is 8.20. The van der Waals surface area contributed by atoms with Crippen molar-refractivity contribution in [1.82, 2.24) is 9.88 Å². The quantitative estimate of drug-likeness (QED) is 0.875. The van der Waals surface area contributed by atoms with Gasteiger partial charge >= 0.3 is 5.97 Å². The first kappa shape index (κ1) is 18.9. The Morgan fingerprint density at radius 1 is 1.26 bits per heavy atom. The van der Waals surface area contributed by atoms with E-state index in [4.69, 9.17) is 4.74 Å². The first-order valence-electron chi connectivity index (χ1n) is 9.14. The number of carboxylic acids is 1. The van der Waals surface area contributed by atoms with Crippen LogP contribution in [0.2, 0.25) is 0 Å². The van der Waals surface area contributed by atoms with Crippen LogP contribution in [0.25, 0.3) is 0 Å². The molecule has 1 saturated heterocycles. The van der Waals surface area contributed by atoms with Crippen molar-refractivity contribution in [3.8, 4) is 5.75 Å². The summed E-state index contributed by atoms with van der Waals surface area (Å²) in [6, 6.07) is 6.62. The second-order valence-corrected chi connectivity index (χ2v) is 6.94. The molecule has 1 amide bonds. The second-order valence-electron chi connectivity index (χ2n) is 6.94. The van der Waals surface area contributed by atoms with Gasteiger partial charge in [-0.25, -0.2) is 4.79 Å². The van der Waals surface area contributed by atoms with Crippen LogP contribution in [0.15, 0.2) is 36.7 Å². The maximum atomic E-state index is 12.9. The Hall–Kier alpha value is -2.89. The number of benzene rings is 1. The van der Waals surface area contributed by atoms with Gasteiger partial charge in [0.2, 0.25) is 0 Å². The number of ether oxygens (including phenoxy) is 1. The molecule has 1 atom stereocenters. The summed E-state index contributed by atoms with van der Waals surface area (Å²) in [5.41, 5.74) is 3.18. The van der Waals surface area contributed by atoms with Gasteiger partial charge in [-0.05, 0) is 62.4 Å². The molecule has 1 aromatic carbocycles. The maximum absolute atomic E-state index is 12.9. The van der Waals surface area contributed by atoms with Gasteiger partial charge in [0.15, 0.2) is 0 Å². The van der Waals surface area contributed by atoms with Crippen molar-refractivity contribution in [3.63, 3.8) is 0 Å². The van der Waals surface area contributed by atoms with Gasteiger partial charge in [0.25, 0.3) is 5.91 Å². The van der Waals surface area contributed by atoms with E-state index in [1.165, 1.54) is 4.90 Å². The molecule has 6 heteroatoms. The van der Waals surface area contributed by atoms with E-state index in [0.29, 0.717) is 25.1 Å². The van der Waals surface area contributed by atoms with E-state index in [-0.39, 0.29) is 5.91 Å². The highest BCUT2D eigenvalue weighted by molar-refractivity contribution is 5.97. The van der Waals surface area contributed by atoms with Gasteiger partial charge < -0.3 is 14.7 Å². The maximum Gasteiger partial charge on any atom is 0.326 e. The zero-order chi connectivity index (χ0) is 19.4. The lowest BCUT2D eigenvalue weighted by Crippen LogP contribution is -2.48. The molecule has 1 aliphatic rings. The van der Waals surface area contributed by atoms with Gasteiger partial charge in [-0.1, -0.05) is 6.07 Å². The highest BCUT2D eigenvalue weighted by atomic mass is 16.5. The van der Waals surface area contributed by atoms with E-state index in [1.54, 1.807) is 24.5 Å². The third-order valence-corrected chi connectivity index (χ3v) is 4.86. The molecule has 3 rings (SSSR count). The molecule has 0 saturated carbocycles. The molecule has 142 valence electrons. The minimum atomic E-state index is -0.937. The highest BCUT2D eigenvalue weighted by Crippen LogP contribution is 2.28. The van der Waals surface area contributed by atoms with Crippen molar-refractivity contribution in [3.05, 3.63) is 58.9 Å². The predicted molar refractivity (Wildman–Crippen MR) is 101 cm³/mol. The number of aromatic nitrogens is 1. The molecule has 0 bridgehead atoms. The van der Waals surface area contributed by atoms with Crippen molar-refractivity contribution in [2.45, 2.75) is 45.8 Å². The molecular formula is C21H24N2O4. The molecule has 2 aromatic rings. The zero-order valence-corrected chi connectivity index (χ0v) is 15.6. The number of aliphatic carboxylic acids is 1. The molecule has 2 heterocycles. The summed E-state index contributed by atoms with van der Waals surface area (Å²) in [6.07, 6.45) is 5.64. The number of aryl methyl sites for hydroxylation is 2. The monoisotopic (exact) mass is 368 g/mol. The number of carbonyl (C=O) groups excluding carboxylic acids is 1. The van der Waals surface area contributed by atoms with Crippen LogP contribution >= 0.6 is 0 Å². The Morgan fingerprint density at radius 2 is 2.00 bits per heavy atom. The normalized spacial score (nSPS) is 16.8. The van der Waals surface area contributed by atoms with Gasteiger partial charge in [-0.2, -0.15) is 0 Å². The minimum Gasteiger partial charge on any atom is -0.488 e. The Morgan fingerprint density at radius 3 is 2.63 bits per heavy atom. The molecule has 1 fully saturated rings. The zero-order valence-electron chi connectivity index (χ0n) is 15.6. The molecular weight excluding hydrogens is 344 g/mol. The SMILES string of the molecule is Cc1cc(C(=O)N2CCCCC2C(=O)O)cc(C)c1OCc1cccnc1. The Kier molecular flexibility index (Phi) is 5.74. The van der Waals surface area contributed by atoms with Crippen molar-refractivity contribution in [2.75, 3.05) is 6.54 Å². The Bertz CT molecular complexity index is 812. The van der Waals surface area contributed by atoms with Crippen LogP contribution in [0.1, 0.15) is 46.3 Å². The summed E-state index contributed by atoms with van der Waals surface area (Å²) >= 11 is 0. The van der Waals surface area contributed by atoms with Crippen molar-refractivity contribution >= 4 is 11.9 Å². The minimum absolute atomic E-state index is 0.230. The van der Waals surface area contributed by atoms with Crippen molar-refractivity contribution in [1.29, 1.82) is 0 Å². The van der Waals surface area contributed by atoms with E-state index in [2.05, 4.69) is 4.98 Å². The topological polar surface area (TPSA) is 79.7 Å². The fraction of sp³-hybridized carbons (Fsp3) is 0.381. The number of rotatable bonds is 5. The summed E-state index contributed by atoms with van der Waals surface area (Å²) in [5.74, 6) is -0.427. The van der Waals surface area contributed by atoms with Crippen LogP contribution in [-0.2, 0) is 11.4 Å².